The number of benzene rings is 1. The van der Waals surface area contributed by atoms with Gasteiger partial charge in [-0.05, 0) is 12.5 Å². The van der Waals surface area contributed by atoms with Crippen LogP contribution in [0.5, 0.6) is 0 Å². The summed E-state index contributed by atoms with van der Waals surface area (Å²) in [7, 11) is 0. The van der Waals surface area contributed by atoms with Crippen molar-refractivity contribution in [2.45, 2.75) is 16.5 Å². The van der Waals surface area contributed by atoms with Crippen LogP contribution in [-0.4, -0.2) is 21.3 Å². The summed E-state index contributed by atoms with van der Waals surface area (Å²) in [4.78, 5) is 11.2. The Morgan fingerprint density at radius 1 is 1.35 bits per heavy atom. The third kappa shape index (κ3) is 3.04. The lowest BCUT2D eigenvalue weighted by Crippen LogP contribution is -2.07. The molecule has 0 aliphatic carbocycles. The van der Waals surface area contributed by atoms with E-state index in [0.29, 0.717) is 4.34 Å². The molecule has 1 heterocycles. The highest BCUT2D eigenvalue weighted by Crippen LogP contribution is 2.36. The van der Waals surface area contributed by atoms with E-state index >= 15 is 0 Å². The maximum atomic E-state index is 11.2. The SMILES string of the molecule is Cc1nnc(S[C@@H](C(=O)O)c2ccccc2)s1. The molecule has 0 radical (unpaired) electrons. The number of nitrogens with zero attached hydrogens (tertiary/aromatic N) is 2. The van der Waals surface area contributed by atoms with Gasteiger partial charge in [-0.2, -0.15) is 0 Å². The quantitative estimate of drug-likeness (QED) is 0.862. The number of aliphatic carboxylic acids is 1. The highest BCUT2D eigenvalue weighted by Gasteiger charge is 2.22. The molecule has 1 aromatic carbocycles. The first-order valence-corrected chi connectivity index (χ1v) is 6.61. The molecule has 4 nitrogen and oxygen atoms in total. The fourth-order valence-electron chi connectivity index (χ4n) is 1.32. The van der Waals surface area contributed by atoms with E-state index in [0.717, 1.165) is 10.6 Å². The summed E-state index contributed by atoms with van der Waals surface area (Å²) in [5.41, 5.74) is 0.762. The molecule has 0 saturated heterocycles. The van der Waals surface area contributed by atoms with Gasteiger partial charge in [0.15, 0.2) is 4.34 Å². The van der Waals surface area contributed by atoms with Crippen LogP contribution in [0.2, 0.25) is 0 Å². The maximum absolute atomic E-state index is 11.2. The number of aryl methyl sites for hydroxylation is 1. The van der Waals surface area contributed by atoms with Crippen molar-refractivity contribution in [2.75, 3.05) is 0 Å². The number of carboxylic acids is 1. The minimum Gasteiger partial charge on any atom is -0.480 e. The van der Waals surface area contributed by atoms with Crippen LogP contribution in [0.15, 0.2) is 34.7 Å². The van der Waals surface area contributed by atoms with Gasteiger partial charge < -0.3 is 5.11 Å². The number of carbonyl (C=O) groups is 1. The lowest BCUT2D eigenvalue weighted by molar-refractivity contribution is -0.136. The van der Waals surface area contributed by atoms with Crippen molar-refractivity contribution in [1.29, 1.82) is 0 Å². The number of hydrogen-bond acceptors (Lipinski definition) is 5. The summed E-state index contributed by atoms with van der Waals surface area (Å²) in [5.74, 6) is -0.867. The van der Waals surface area contributed by atoms with Gasteiger partial charge >= 0.3 is 5.97 Å². The summed E-state index contributed by atoms with van der Waals surface area (Å²) in [6.45, 7) is 1.85. The average molecular weight is 266 g/mol. The first-order valence-electron chi connectivity index (χ1n) is 4.91. The summed E-state index contributed by atoms with van der Waals surface area (Å²) in [6, 6.07) is 9.13. The van der Waals surface area contributed by atoms with Crippen LogP contribution < -0.4 is 0 Å². The van der Waals surface area contributed by atoms with Gasteiger partial charge in [0, 0.05) is 0 Å². The largest absolute Gasteiger partial charge is 0.480 e. The van der Waals surface area contributed by atoms with Gasteiger partial charge in [-0.3, -0.25) is 4.79 Å². The van der Waals surface area contributed by atoms with Crippen LogP contribution in [-0.2, 0) is 4.79 Å². The van der Waals surface area contributed by atoms with Gasteiger partial charge in [0.2, 0.25) is 0 Å². The van der Waals surface area contributed by atoms with E-state index in [9.17, 15) is 9.90 Å². The van der Waals surface area contributed by atoms with E-state index in [1.807, 2.05) is 25.1 Å². The van der Waals surface area contributed by atoms with Crippen molar-refractivity contribution in [3.05, 3.63) is 40.9 Å². The second kappa shape index (κ2) is 5.29. The van der Waals surface area contributed by atoms with E-state index in [2.05, 4.69) is 10.2 Å². The Hall–Kier alpha value is -1.40. The Balaban J connectivity index is 2.22. The fraction of sp³-hybridized carbons (Fsp3) is 0.182. The monoisotopic (exact) mass is 266 g/mol. The first kappa shape index (κ1) is 12.1. The molecule has 0 aliphatic rings. The Labute approximate surface area is 107 Å². The van der Waals surface area contributed by atoms with Gasteiger partial charge in [-0.1, -0.05) is 53.4 Å². The summed E-state index contributed by atoms with van der Waals surface area (Å²) in [5, 5.41) is 17.2. The molecule has 88 valence electrons. The Morgan fingerprint density at radius 2 is 2.06 bits per heavy atom. The highest BCUT2D eigenvalue weighted by molar-refractivity contribution is 8.01. The predicted octanol–water partition coefficient (Wildman–Crippen LogP) is 2.76. The van der Waals surface area contributed by atoms with Gasteiger partial charge in [-0.15, -0.1) is 10.2 Å². The zero-order chi connectivity index (χ0) is 12.3. The van der Waals surface area contributed by atoms with E-state index < -0.39 is 11.2 Å². The minimum absolute atomic E-state index is 0.636. The number of aromatic nitrogens is 2. The molecule has 0 saturated carbocycles. The molecule has 0 fully saturated rings. The van der Waals surface area contributed by atoms with Crippen molar-refractivity contribution >= 4 is 29.1 Å². The fourth-order valence-corrected chi connectivity index (χ4v) is 3.26. The second-order valence-electron chi connectivity index (χ2n) is 3.33. The molecule has 2 aromatic rings. The van der Waals surface area contributed by atoms with Crippen molar-refractivity contribution < 1.29 is 9.90 Å². The van der Waals surface area contributed by atoms with Crippen molar-refractivity contribution in [3.63, 3.8) is 0 Å². The lowest BCUT2D eigenvalue weighted by Gasteiger charge is -2.09. The predicted molar refractivity (Wildman–Crippen MR) is 67.3 cm³/mol. The van der Waals surface area contributed by atoms with Crippen molar-refractivity contribution in [1.82, 2.24) is 10.2 Å². The van der Waals surface area contributed by atoms with Gasteiger partial charge in [-0.25, -0.2) is 0 Å². The Bertz CT molecular complexity index is 513. The molecule has 0 amide bonds. The minimum atomic E-state index is -0.867. The normalized spacial score (nSPS) is 12.3. The van der Waals surface area contributed by atoms with E-state index in [4.69, 9.17) is 0 Å². The molecule has 6 heteroatoms. The molecule has 0 unspecified atom stereocenters. The van der Waals surface area contributed by atoms with Gasteiger partial charge in [0.05, 0.1) is 0 Å². The number of carboxylic acid groups (broad SMARTS) is 1. The van der Waals surface area contributed by atoms with E-state index in [1.165, 1.54) is 23.1 Å². The summed E-state index contributed by atoms with van der Waals surface area (Å²) in [6.07, 6.45) is 0. The first-order chi connectivity index (χ1) is 8.16. The molecular formula is C11H10N2O2S2. The molecule has 1 atom stereocenters. The van der Waals surface area contributed by atoms with Crippen molar-refractivity contribution in [3.8, 4) is 0 Å². The molecule has 17 heavy (non-hydrogen) atoms. The van der Waals surface area contributed by atoms with Crippen LogP contribution in [0.4, 0.5) is 0 Å². The highest BCUT2D eigenvalue weighted by atomic mass is 32.2. The smallest absolute Gasteiger partial charge is 0.321 e. The van der Waals surface area contributed by atoms with Crippen LogP contribution in [0, 0.1) is 6.92 Å². The van der Waals surface area contributed by atoms with Crippen LogP contribution >= 0.6 is 23.1 Å². The van der Waals surface area contributed by atoms with Gasteiger partial charge in [0.25, 0.3) is 0 Å². The zero-order valence-corrected chi connectivity index (χ0v) is 10.7. The van der Waals surface area contributed by atoms with Crippen LogP contribution in [0.25, 0.3) is 0 Å². The number of hydrogen-bond donors (Lipinski definition) is 1. The summed E-state index contributed by atoms with van der Waals surface area (Å²) >= 11 is 2.62. The molecule has 1 N–H and O–H groups in total. The van der Waals surface area contributed by atoms with E-state index in [1.54, 1.807) is 12.1 Å². The maximum Gasteiger partial charge on any atom is 0.321 e. The molecule has 0 aliphatic heterocycles. The third-order valence-corrected chi connectivity index (χ3v) is 4.22. The Morgan fingerprint density at radius 3 is 2.59 bits per heavy atom. The Kier molecular flexibility index (Phi) is 3.75. The third-order valence-electron chi connectivity index (χ3n) is 2.05. The van der Waals surface area contributed by atoms with Crippen LogP contribution in [0.1, 0.15) is 15.8 Å². The molecule has 0 bridgehead atoms. The molecule has 2 rings (SSSR count). The number of rotatable bonds is 4. The summed E-state index contributed by atoms with van der Waals surface area (Å²) < 4.78 is 0.679. The average Bonchev–Trinajstić information content (AvgIpc) is 2.73. The molecular weight excluding hydrogens is 256 g/mol. The number of thioether (sulfide) groups is 1. The van der Waals surface area contributed by atoms with Crippen molar-refractivity contribution in [2.24, 2.45) is 0 Å². The standard InChI is InChI=1S/C11H10N2O2S2/c1-7-12-13-11(16-7)17-9(10(14)15)8-5-3-2-4-6-8/h2-6,9H,1H3,(H,14,15)/t9-/m1/s1. The second-order valence-corrected chi connectivity index (χ2v) is 5.87. The van der Waals surface area contributed by atoms with Gasteiger partial charge in [0.1, 0.15) is 10.3 Å². The van der Waals surface area contributed by atoms with Crippen LogP contribution in [0.3, 0.4) is 0 Å². The zero-order valence-electron chi connectivity index (χ0n) is 9.03. The lowest BCUT2D eigenvalue weighted by atomic mass is 10.1. The molecule has 1 aromatic heterocycles. The molecule has 0 spiro atoms. The topological polar surface area (TPSA) is 63.1 Å². The van der Waals surface area contributed by atoms with E-state index in [-0.39, 0.29) is 0 Å².